The third-order valence-corrected chi connectivity index (χ3v) is 8.23. The minimum absolute atomic E-state index is 0.136. The molecule has 12 heteroatoms. The summed E-state index contributed by atoms with van der Waals surface area (Å²) >= 11 is 0. The number of Topliss-reactive ketones (excluding diaryl/α,β-unsaturated/α-hetero) is 1. The van der Waals surface area contributed by atoms with E-state index in [0.717, 1.165) is 6.08 Å². The lowest BCUT2D eigenvalue weighted by atomic mass is 9.81. The lowest BCUT2D eigenvalue weighted by Gasteiger charge is -2.34. The fraction of sp³-hybridized carbons (Fsp3) is 0.600. The SMILES string of the molecule is CO[C@H]1[C@@H](OC)C[C@H](C)[C@@H](OC)C2=CC(=O)C=C(NC(=O)/C(C)=C/C=C\[C@H](OC)[C@@H](OC(N)=O)C3(C)OC3[C@@H]1C)C2=O. The van der Waals surface area contributed by atoms with Crippen molar-refractivity contribution in [1.29, 1.82) is 0 Å². The second kappa shape index (κ2) is 13.9. The summed E-state index contributed by atoms with van der Waals surface area (Å²) in [6.07, 6.45) is 2.53. The molecule has 232 valence electrons. The molecule has 2 heterocycles. The molecule has 0 aromatic rings. The molecule has 0 spiro atoms. The van der Waals surface area contributed by atoms with E-state index < -0.39 is 65.8 Å². The Labute approximate surface area is 246 Å². The van der Waals surface area contributed by atoms with E-state index in [1.807, 2.05) is 13.8 Å². The Bertz CT molecular complexity index is 1190. The maximum atomic E-state index is 13.4. The van der Waals surface area contributed by atoms with Crippen molar-refractivity contribution in [2.75, 3.05) is 28.4 Å². The molecule has 2 amide bonds. The Kier molecular flexibility index (Phi) is 11.0. The number of ketones is 2. The van der Waals surface area contributed by atoms with E-state index in [9.17, 15) is 19.2 Å². The molecule has 3 N–H and O–H groups in total. The fourth-order valence-electron chi connectivity index (χ4n) is 5.97. The van der Waals surface area contributed by atoms with Crippen molar-refractivity contribution in [3.63, 3.8) is 0 Å². The standard InChI is InChI=1S/C30H42N2O10/c1-15-10-9-11-21(37-5)27(41-29(31)36)30(4)26(42-30)17(3)25(40-8)22(38-6)12-16(2)24(39-7)19-13-18(33)14-20(23(19)34)32-28(15)35/h9-11,13-14,16-17,21-22,24-27H,12H2,1-8H3,(H2,31,36)(H,32,35)/b11-9-,15-10+/t16-,17+,21-,22-,24+,25+,26?,27+,30?/m0/s1. The monoisotopic (exact) mass is 590 g/mol. The molecule has 9 atom stereocenters. The zero-order valence-corrected chi connectivity index (χ0v) is 25.4. The number of carbonyl (C=O) groups excluding carboxylic acids is 4. The van der Waals surface area contributed by atoms with Gasteiger partial charge in [0.1, 0.15) is 11.7 Å². The maximum absolute atomic E-state index is 13.4. The number of methoxy groups -OCH3 is 4. The van der Waals surface area contributed by atoms with Crippen molar-refractivity contribution in [2.45, 2.75) is 76.3 Å². The number of hydrogen-bond acceptors (Lipinski definition) is 10. The lowest BCUT2D eigenvalue weighted by molar-refractivity contribution is -0.120. The number of rotatable bonds is 5. The van der Waals surface area contributed by atoms with Crippen LogP contribution < -0.4 is 11.1 Å². The number of fused-ring (bicyclic) bond motifs is 3. The summed E-state index contributed by atoms with van der Waals surface area (Å²) in [6.45, 7) is 7.18. The summed E-state index contributed by atoms with van der Waals surface area (Å²) in [5.41, 5.74) is 4.68. The number of hydrogen-bond donors (Lipinski definition) is 2. The minimum Gasteiger partial charge on any atom is -0.440 e. The number of nitrogens with two attached hydrogens (primary N) is 1. The summed E-state index contributed by atoms with van der Waals surface area (Å²) in [4.78, 5) is 50.9. The van der Waals surface area contributed by atoms with E-state index >= 15 is 0 Å². The van der Waals surface area contributed by atoms with Crippen molar-refractivity contribution < 1.29 is 47.6 Å². The van der Waals surface area contributed by atoms with Gasteiger partial charge in [0, 0.05) is 51.6 Å². The Morgan fingerprint density at radius 3 is 2.31 bits per heavy atom. The van der Waals surface area contributed by atoms with Crippen molar-refractivity contribution >= 4 is 23.6 Å². The topological polar surface area (TPSA) is 165 Å². The van der Waals surface area contributed by atoms with Gasteiger partial charge in [-0.1, -0.05) is 32.1 Å². The fourth-order valence-corrected chi connectivity index (χ4v) is 5.97. The summed E-state index contributed by atoms with van der Waals surface area (Å²) in [5.74, 6) is -2.10. The number of amides is 2. The second-order valence-electron chi connectivity index (χ2n) is 11.1. The first-order chi connectivity index (χ1) is 19.8. The zero-order chi connectivity index (χ0) is 31.4. The Morgan fingerprint density at radius 1 is 1.05 bits per heavy atom. The first kappa shape index (κ1) is 33.3. The number of primary amides is 1. The Morgan fingerprint density at radius 2 is 1.74 bits per heavy atom. The molecule has 2 aliphatic heterocycles. The zero-order valence-electron chi connectivity index (χ0n) is 25.4. The summed E-state index contributed by atoms with van der Waals surface area (Å²) in [5, 5.41) is 2.55. The molecule has 12 nitrogen and oxygen atoms in total. The van der Waals surface area contributed by atoms with Crippen molar-refractivity contribution in [3.8, 4) is 0 Å². The molecule has 3 rings (SSSR count). The summed E-state index contributed by atoms with van der Waals surface area (Å²) < 4.78 is 34.8. The van der Waals surface area contributed by atoms with Gasteiger partial charge >= 0.3 is 6.09 Å². The Hall–Kier alpha value is -3.16. The van der Waals surface area contributed by atoms with Crippen LogP contribution in [0.15, 0.2) is 47.2 Å². The maximum Gasteiger partial charge on any atom is 0.404 e. The largest absolute Gasteiger partial charge is 0.440 e. The average molecular weight is 591 g/mol. The van der Waals surface area contributed by atoms with Crippen LogP contribution in [0.1, 0.15) is 34.1 Å². The lowest BCUT2D eigenvalue weighted by Crippen LogP contribution is -2.47. The molecule has 1 aliphatic carbocycles. The highest BCUT2D eigenvalue weighted by Gasteiger charge is 2.64. The van der Waals surface area contributed by atoms with Crippen LogP contribution in [0.25, 0.3) is 0 Å². The van der Waals surface area contributed by atoms with E-state index in [0.29, 0.717) is 6.42 Å². The average Bonchev–Trinajstić information content (AvgIpc) is 3.64. The molecule has 0 saturated carbocycles. The van der Waals surface area contributed by atoms with Gasteiger partial charge in [0.25, 0.3) is 5.91 Å². The van der Waals surface area contributed by atoms with Gasteiger partial charge in [-0.2, -0.15) is 0 Å². The molecule has 0 aromatic heterocycles. The van der Waals surface area contributed by atoms with Gasteiger partial charge < -0.3 is 39.5 Å². The highest BCUT2D eigenvalue weighted by Crippen LogP contribution is 2.48. The van der Waals surface area contributed by atoms with Gasteiger partial charge in [-0.15, -0.1) is 0 Å². The summed E-state index contributed by atoms with van der Waals surface area (Å²) in [6, 6.07) is 0. The normalized spacial score (nSPS) is 38.3. The van der Waals surface area contributed by atoms with E-state index in [1.165, 1.54) is 26.4 Å². The van der Waals surface area contributed by atoms with Gasteiger partial charge in [0.05, 0.1) is 30.1 Å². The van der Waals surface area contributed by atoms with Gasteiger partial charge in [0.15, 0.2) is 11.9 Å². The number of nitrogens with one attached hydrogen (secondary N) is 1. The number of allylic oxidation sites excluding steroid dienone is 5. The Balaban J connectivity index is 2.09. The molecule has 0 aromatic carbocycles. The first-order valence-corrected chi connectivity index (χ1v) is 13.8. The van der Waals surface area contributed by atoms with Crippen molar-refractivity contribution in [1.82, 2.24) is 5.32 Å². The molecule has 3 aliphatic rings. The highest BCUT2D eigenvalue weighted by molar-refractivity contribution is 6.22. The van der Waals surface area contributed by atoms with Crippen molar-refractivity contribution in [2.24, 2.45) is 17.6 Å². The van der Waals surface area contributed by atoms with E-state index in [1.54, 1.807) is 40.2 Å². The third-order valence-electron chi connectivity index (χ3n) is 8.23. The molecular formula is C30H42N2O10. The molecule has 42 heavy (non-hydrogen) atoms. The number of epoxide rings is 1. The quantitative estimate of drug-likeness (QED) is 0.357. The molecule has 0 radical (unpaired) electrons. The third kappa shape index (κ3) is 7.07. The summed E-state index contributed by atoms with van der Waals surface area (Å²) in [7, 11) is 6.04. The van der Waals surface area contributed by atoms with Crippen LogP contribution in [-0.4, -0.2) is 94.2 Å². The van der Waals surface area contributed by atoms with E-state index in [2.05, 4.69) is 5.32 Å². The van der Waals surface area contributed by atoms with Crippen LogP contribution in [-0.2, 0) is 42.8 Å². The van der Waals surface area contributed by atoms with Gasteiger partial charge in [-0.25, -0.2) is 4.79 Å². The molecule has 2 unspecified atom stereocenters. The van der Waals surface area contributed by atoms with E-state index in [4.69, 9.17) is 34.2 Å². The first-order valence-electron chi connectivity index (χ1n) is 13.8. The van der Waals surface area contributed by atoms with Crippen LogP contribution in [0.4, 0.5) is 4.79 Å². The van der Waals surface area contributed by atoms with Gasteiger partial charge in [-0.05, 0) is 32.3 Å². The van der Waals surface area contributed by atoms with Gasteiger partial charge in [0.2, 0.25) is 5.78 Å². The molecular weight excluding hydrogens is 548 g/mol. The van der Waals surface area contributed by atoms with Crippen LogP contribution in [0.3, 0.4) is 0 Å². The molecule has 1 fully saturated rings. The number of ether oxygens (including phenoxy) is 6. The van der Waals surface area contributed by atoms with Gasteiger partial charge in [-0.3, -0.25) is 14.4 Å². The predicted octanol–water partition coefficient (Wildman–Crippen LogP) is 1.92. The van der Waals surface area contributed by atoms with Crippen molar-refractivity contribution in [3.05, 3.63) is 47.2 Å². The van der Waals surface area contributed by atoms with Crippen LogP contribution in [0.5, 0.6) is 0 Å². The number of carbonyl (C=O) groups is 4. The van der Waals surface area contributed by atoms with E-state index in [-0.39, 0.29) is 28.7 Å². The van der Waals surface area contributed by atoms with Crippen LogP contribution in [0, 0.1) is 11.8 Å². The molecule has 1 saturated heterocycles. The minimum atomic E-state index is -0.992. The highest BCUT2D eigenvalue weighted by atomic mass is 16.7. The van der Waals surface area contributed by atoms with Crippen LogP contribution >= 0.6 is 0 Å². The second-order valence-corrected chi connectivity index (χ2v) is 11.1. The smallest absolute Gasteiger partial charge is 0.404 e. The predicted molar refractivity (Wildman–Crippen MR) is 151 cm³/mol. The van der Waals surface area contributed by atoms with Crippen LogP contribution in [0.2, 0.25) is 0 Å². The molecule has 2 bridgehead atoms.